The van der Waals surface area contributed by atoms with Crippen LogP contribution in [0.2, 0.25) is 4.34 Å². The monoisotopic (exact) mass is 565 g/mol. The van der Waals surface area contributed by atoms with Gasteiger partial charge in [0, 0.05) is 43.1 Å². The van der Waals surface area contributed by atoms with Crippen LogP contribution in [0.15, 0.2) is 65.5 Å². The predicted octanol–water partition coefficient (Wildman–Crippen LogP) is 5.70. The van der Waals surface area contributed by atoms with E-state index < -0.39 is 5.41 Å². The van der Waals surface area contributed by atoms with E-state index in [1.807, 2.05) is 50.9 Å². The lowest BCUT2D eigenvalue weighted by Crippen LogP contribution is -2.31. The third-order valence-electron chi connectivity index (χ3n) is 6.23. The van der Waals surface area contributed by atoms with Gasteiger partial charge in [0.05, 0.1) is 23.1 Å². The number of carbonyl (C=O) groups is 2. The number of halogens is 1. The van der Waals surface area contributed by atoms with E-state index in [0.29, 0.717) is 39.3 Å². The fourth-order valence-electron chi connectivity index (χ4n) is 4.13. The fraction of sp³-hybridized carbons (Fsp3) is 0.310. The van der Waals surface area contributed by atoms with Crippen molar-refractivity contribution in [3.8, 4) is 11.4 Å². The van der Waals surface area contributed by atoms with Crippen molar-refractivity contribution >= 4 is 46.1 Å². The van der Waals surface area contributed by atoms with Crippen LogP contribution in [0.25, 0.3) is 11.4 Å². The maximum Gasteiger partial charge on any atom is 0.275 e. The molecule has 4 rings (SSSR count). The van der Waals surface area contributed by atoms with Gasteiger partial charge < -0.3 is 9.80 Å². The number of ketones is 1. The summed E-state index contributed by atoms with van der Waals surface area (Å²) < 4.78 is 3.51. The molecule has 0 aliphatic rings. The number of Topliss-reactive ketones (excluding diaryl/α,β-unsaturated/α-hetero) is 1. The molecule has 4 aromatic rings. The van der Waals surface area contributed by atoms with Crippen molar-refractivity contribution in [2.24, 2.45) is 5.41 Å². The van der Waals surface area contributed by atoms with Gasteiger partial charge in [-0.1, -0.05) is 62.7 Å². The lowest BCUT2D eigenvalue weighted by Gasteiger charge is -2.22. The zero-order valence-corrected chi connectivity index (χ0v) is 24.5. The summed E-state index contributed by atoms with van der Waals surface area (Å²) in [6.07, 6.45) is 0. The molecule has 0 N–H and O–H groups in total. The largest absolute Gasteiger partial charge is 0.373 e. The number of benzene rings is 1. The van der Waals surface area contributed by atoms with Crippen molar-refractivity contribution in [1.82, 2.24) is 14.3 Å². The molecule has 0 aliphatic heterocycles. The molecule has 0 fully saturated rings. The number of pyridine rings is 1. The first-order valence-corrected chi connectivity index (χ1v) is 13.7. The molecular formula is C29H32ClN5O3S. The summed E-state index contributed by atoms with van der Waals surface area (Å²) in [6.45, 7) is 5.84. The van der Waals surface area contributed by atoms with E-state index in [9.17, 15) is 14.4 Å². The predicted molar refractivity (Wildman–Crippen MR) is 159 cm³/mol. The van der Waals surface area contributed by atoms with Crippen LogP contribution >= 0.6 is 22.9 Å². The van der Waals surface area contributed by atoms with Crippen molar-refractivity contribution in [2.75, 3.05) is 30.9 Å². The highest BCUT2D eigenvalue weighted by atomic mass is 35.5. The van der Waals surface area contributed by atoms with E-state index in [1.165, 1.54) is 20.6 Å². The molecule has 8 nitrogen and oxygen atoms in total. The Morgan fingerprint density at radius 2 is 1.69 bits per heavy atom. The van der Waals surface area contributed by atoms with E-state index >= 15 is 0 Å². The van der Waals surface area contributed by atoms with E-state index in [1.54, 1.807) is 61.5 Å². The normalized spacial score (nSPS) is 11.5. The van der Waals surface area contributed by atoms with Crippen molar-refractivity contribution in [2.45, 2.75) is 33.9 Å². The van der Waals surface area contributed by atoms with E-state index in [0.717, 1.165) is 4.88 Å². The second-order valence-electron chi connectivity index (χ2n) is 10.6. The number of nitrogens with zero attached hydrogens (tertiary/aromatic N) is 5. The zero-order chi connectivity index (χ0) is 28.5. The Bertz CT molecular complexity index is 1560. The zero-order valence-electron chi connectivity index (χ0n) is 22.9. The highest BCUT2D eigenvalue weighted by molar-refractivity contribution is 7.16. The topological polar surface area (TPSA) is 80.4 Å². The summed E-state index contributed by atoms with van der Waals surface area (Å²) in [5.74, 6) is 0.172. The number of aromatic nitrogens is 3. The number of thiophene rings is 1. The van der Waals surface area contributed by atoms with Crippen LogP contribution in [0.5, 0.6) is 0 Å². The second-order valence-corrected chi connectivity index (χ2v) is 12.4. The molecule has 0 radical (unpaired) electrons. The van der Waals surface area contributed by atoms with Crippen LogP contribution in [-0.4, -0.2) is 47.2 Å². The van der Waals surface area contributed by atoms with Crippen LogP contribution in [0.3, 0.4) is 0 Å². The first kappa shape index (κ1) is 28.3. The Kier molecular flexibility index (Phi) is 8.13. The molecule has 3 heterocycles. The minimum atomic E-state index is -0.706. The van der Waals surface area contributed by atoms with Gasteiger partial charge in [0.25, 0.3) is 11.5 Å². The van der Waals surface area contributed by atoms with Crippen molar-refractivity contribution in [1.29, 1.82) is 0 Å². The maximum atomic E-state index is 13.6. The lowest BCUT2D eigenvalue weighted by molar-refractivity contribution is 0.0750. The average molecular weight is 566 g/mol. The third-order valence-corrected chi connectivity index (χ3v) is 7.45. The first-order valence-electron chi connectivity index (χ1n) is 12.5. The molecule has 39 heavy (non-hydrogen) atoms. The highest BCUT2D eigenvalue weighted by Gasteiger charge is 2.29. The van der Waals surface area contributed by atoms with E-state index in [-0.39, 0.29) is 23.8 Å². The molecule has 204 valence electrons. The van der Waals surface area contributed by atoms with Gasteiger partial charge in [0.15, 0.2) is 5.78 Å². The fourth-order valence-corrected chi connectivity index (χ4v) is 5.27. The minimum Gasteiger partial charge on any atom is -0.373 e. The summed E-state index contributed by atoms with van der Waals surface area (Å²) in [5.41, 5.74) is 0.793. The maximum absolute atomic E-state index is 13.6. The van der Waals surface area contributed by atoms with Gasteiger partial charge in [0.2, 0.25) is 0 Å². The highest BCUT2D eigenvalue weighted by Crippen LogP contribution is 2.30. The average Bonchev–Trinajstić information content (AvgIpc) is 3.50. The summed E-state index contributed by atoms with van der Waals surface area (Å²) in [7, 11) is 5.43. The molecule has 0 aliphatic carbocycles. The van der Waals surface area contributed by atoms with Gasteiger partial charge in [0.1, 0.15) is 17.2 Å². The molecule has 0 saturated heterocycles. The van der Waals surface area contributed by atoms with E-state index in [2.05, 4.69) is 5.10 Å². The Labute approximate surface area is 237 Å². The number of rotatable bonds is 8. The molecule has 0 atom stereocenters. The van der Waals surface area contributed by atoms with Crippen molar-refractivity contribution < 1.29 is 9.59 Å². The summed E-state index contributed by atoms with van der Waals surface area (Å²) in [6, 6.07) is 17.9. The Balaban J connectivity index is 1.85. The first-order chi connectivity index (χ1) is 18.4. The molecule has 3 aromatic heterocycles. The number of carbonyl (C=O) groups excluding carboxylic acids is 2. The molecular weight excluding hydrogens is 534 g/mol. The summed E-state index contributed by atoms with van der Waals surface area (Å²) >= 11 is 7.60. The van der Waals surface area contributed by atoms with Gasteiger partial charge in [-0.15, -0.1) is 11.3 Å². The molecule has 10 heteroatoms. The summed E-state index contributed by atoms with van der Waals surface area (Å²) in [5, 5.41) is 4.69. The Morgan fingerprint density at radius 1 is 1.00 bits per heavy atom. The van der Waals surface area contributed by atoms with Crippen LogP contribution in [0, 0.1) is 5.41 Å². The van der Waals surface area contributed by atoms with Crippen LogP contribution in [0.4, 0.5) is 11.5 Å². The van der Waals surface area contributed by atoms with Gasteiger partial charge >= 0.3 is 0 Å². The van der Waals surface area contributed by atoms with E-state index in [4.69, 9.17) is 11.6 Å². The third kappa shape index (κ3) is 6.15. The standard InChI is InChI=1S/C29H32ClN5O3S/c1-29(2,3)28(38)35-26(33(6)17-20-12-15-25(30)39-20)16-21(31-35)22-13-14-23(32(4)5)27(37)34(22)18-24(36)19-10-8-7-9-11-19/h7-16H,17-18H2,1-6H3. The minimum absolute atomic E-state index is 0.168. The number of hydrogen-bond donors (Lipinski definition) is 0. The summed E-state index contributed by atoms with van der Waals surface area (Å²) in [4.78, 5) is 44.9. The smallest absolute Gasteiger partial charge is 0.275 e. The van der Waals surface area contributed by atoms with Gasteiger partial charge in [-0.2, -0.15) is 9.78 Å². The molecule has 0 bridgehead atoms. The molecule has 0 saturated carbocycles. The van der Waals surface area contributed by atoms with Gasteiger partial charge in [-0.05, 0) is 24.3 Å². The van der Waals surface area contributed by atoms with Crippen LogP contribution in [-0.2, 0) is 13.1 Å². The second kappa shape index (κ2) is 11.2. The molecule has 0 unspecified atom stereocenters. The lowest BCUT2D eigenvalue weighted by atomic mass is 9.96. The van der Waals surface area contributed by atoms with Crippen molar-refractivity contribution in [3.05, 3.63) is 85.8 Å². The SMILES string of the molecule is CN(C)c1ccc(-c2cc(N(C)Cc3ccc(Cl)s3)n(C(=O)C(C)(C)C)n2)n(CC(=O)c2ccccc2)c1=O. The Hall–Kier alpha value is -3.69. The van der Waals surface area contributed by atoms with Crippen LogP contribution in [0.1, 0.15) is 40.8 Å². The molecule has 1 aromatic carbocycles. The molecule has 0 amide bonds. The Morgan fingerprint density at radius 3 is 2.28 bits per heavy atom. The van der Waals surface area contributed by atoms with Gasteiger partial charge in [-0.3, -0.25) is 19.0 Å². The van der Waals surface area contributed by atoms with Crippen LogP contribution < -0.4 is 15.4 Å². The van der Waals surface area contributed by atoms with Crippen molar-refractivity contribution in [3.63, 3.8) is 0 Å². The number of hydrogen-bond acceptors (Lipinski definition) is 7. The number of anilines is 2. The molecule has 0 spiro atoms. The quantitative estimate of drug-likeness (QED) is 0.255. The van der Waals surface area contributed by atoms with Gasteiger partial charge in [-0.25, -0.2) is 0 Å².